The van der Waals surface area contributed by atoms with Crippen LogP contribution in [0.4, 0.5) is 0 Å². The first kappa shape index (κ1) is 22.0. The highest BCUT2D eigenvalue weighted by molar-refractivity contribution is 6.33. The van der Waals surface area contributed by atoms with Gasteiger partial charge < -0.3 is 14.9 Å². The number of carbonyl (C=O) groups is 1. The number of hydrogen-bond donors (Lipinski definition) is 2. The zero-order chi connectivity index (χ0) is 23.9. The number of fused-ring (bicyclic) bond motifs is 1. The number of hydrogen-bond acceptors (Lipinski definition) is 5. The molecule has 2 aliphatic carbocycles. The molecule has 0 spiro atoms. The van der Waals surface area contributed by atoms with E-state index in [4.69, 9.17) is 21.2 Å². The summed E-state index contributed by atoms with van der Waals surface area (Å²) in [5, 5.41) is 17.6. The molecule has 2 aliphatic rings. The monoisotopic (exact) mass is 485 g/mol. The molecule has 176 valence electrons. The van der Waals surface area contributed by atoms with Crippen LogP contribution in [0.3, 0.4) is 0 Å². The van der Waals surface area contributed by atoms with Crippen LogP contribution in [-0.2, 0) is 11.2 Å². The molecular formula is C28H24ClN3O3. The molecule has 0 aliphatic heterocycles. The van der Waals surface area contributed by atoms with Crippen molar-refractivity contribution in [3.8, 4) is 34.0 Å². The first-order chi connectivity index (χ1) is 17.0. The van der Waals surface area contributed by atoms with Crippen LogP contribution >= 0.6 is 11.6 Å². The van der Waals surface area contributed by atoms with E-state index >= 15 is 0 Å². The second-order valence-corrected chi connectivity index (χ2v) is 9.77. The van der Waals surface area contributed by atoms with Crippen molar-refractivity contribution >= 4 is 17.6 Å². The van der Waals surface area contributed by atoms with E-state index in [1.165, 1.54) is 11.1 Å². The third-order valence-electron chi connectivity index (χ3n) is 7.13. The fourth-order valence-electron chi connectivity index (χ4n) is 5.13. The van der Waals surface area contributed by atoms with Gasteiger partial charge in [-0.15, -0.1) is 0 Å². The van der Waals surface area contributed by atoms with E-state index in [0.29, 0.717) is 29.6 Å². The molecule has 0 radical (unpaired) electrons. The van der Waals surface area contributed by atoms with E-state index in [9.17, 15) is 4.79 Å². The van der Waals surface area contributed by atoms with Crippen molar-refractivity contribution in [3.05, 3.63) is 82.9 Å². The zero-order valence-corrected chi connectivity index (χ0v) is 19.7. The minimum atomic E-state index is -0.687. The number of nitrogens with one attached hydrogen (secondary N) is 1. The van der Waals surface area contributed by atoms with Crippen molar-refractivity contribution in [2.45, 2.75) is 37.8 Å². The maximum absolute atomic E-state index is 11.1. The number of carboxylic acid groups (broad SMARTS) is 1. The number of nitrogens with zero attached hydrogens (tertiary/aromatic N) is 2. The number of halogens is 1. The molecule has 35 heavy (non-hydrogen) atoms. The summed E-state index contributed by atoms with van der Waals surface area (Å²) >= 11 is 6.56. The van der Waals surface area contributed by atoms with Crippen LogP contribution in [0.1, 0.15) is 36.4 Å². The number of aryl methyl sites for hydroxylation is 1. The second-order valence-electron chi connectivity index (χ2n) is 9.36. The number of aliphatic carboxylic acids is 1. The van der Waals surface area contributed by atoms with Crippen LogP contribution in [0.15, 0.2) is 71.3 Å². The first-order valence-corrected chi connectivity index (χ1v) is 12.2. The Labute approximate surface area is 208 Å². The maximum atomic E-state index is 11.1. The van der Waals surface area contributed by atoms with Gasteiger partial charge in [0.1, 0.15) is 0 Å². The molecule has 1 saturated carbocycles. The van der Waals surface area contributed by atoms with Crippen molar-refractivity contribution in [3.63, 3.8) is 0 Å². The zero-order valence-electron chi connectivity index (χ0n) is 18.9. The molecule has 6 nitrogen and oxygen atoms in total. The standard InChI is InChI=1S/C28H24ClN3O3/c29-24-15-19(7-9-22(24)16-4-2-1-3-5-16)27-31-26(32-35-27)18-6-10-23-17(12-18)8-11-25(23)30-21-13-20(14-21)28(33)34/h1-7,9-10,12,15,20-21,25,30H,8,11,13-14H2,(H,33,34)/t20-,21-,25?. The molecule has 2 N–H and O–H groups in total. The van der Waals surface area contributed by atoms with Gasteiger partial charge in [-0.05, 0) is 60.6 Å². The van der Waals surface area contributed by atoms with Crippen molar-refractivity contribution in [2.75, 3.05) is 0 Å². The smallest absolute Gasteiger partial charge is 0.306 e. The van der Waals surface area contributed by atoms with Crippen molar-refractivity contribution < 1.29 is 14.4 Å². The van der Waals surface area contributed by atoms with Gasteiger partial charge in [0.05, 0.1) is 5.92 Å². The highest BCUT2D eigenvalue weighted by Crippen LogP contribution is 2.38. The molecule has 0 saturated heterocycles. The molecule has 3 aromatic carbocycles. The van der Waals surface area contributed by atoms with Crippen molar-refractivity contribution in [1.29, 1.82) is 0 Å². The first-order valence-electron chi connectivity index (χ1n) is 11.9. The normalized spacial score (nSPS) is 20.9. The third kappa shape index (κ3) is 4.24. The lowest BCUT2D eigenvalue weighted by Gasteiger charge is -2.35. The largest absolute Gasteiger partial charge is 0.481 e. The summed E-state index contributed by atoms with van der Waals surface area (Å²) in [6.45, 7) is 0. The van der Waals surface area contributed by atoms with Gasteiger partial charge in [0.2, 0.25) is 5.82 Å². The topological polar surface area (TPSA) is 88.2 Å². The Hall–Kier alpha value is -3.48. The van der Waals surface area contributed by atoms with E-state index in [0.717, 1.165) is 35.1 Å². The predicted octanol–water partition coefficient (Wildman–Crippen LogP) is 6.16. The Morgan fingerprint density at radius 2 is 1.80 bits per heavy atom. The van der Waals surface area contributed by atoms with Gasteiger partial charge in [-0.1, -0.05) is 65.3 Å². The second kappa shape index (κ2) is 8.95. The van der Waals surface area contributed by atoms with Crippen molar-refractivity contribution in [1.82, 2.24) is 15.5 Å². The van der Waals surface area contributed by atoms with Gasteiger partial charge in [0, 0.05) is 33.8 Å². The minimum absolute atomic E-state index is 0.201. The Morgan fingerprint density at radius 1 is 1.00 bits per heavy atom. The summed E-state index contributed by atoms with van der Waals surface area (Å²) in [6, 6.07) is 22.6. The third-order valence-corrected chi connectivity index (χ3v) is 7.44. The van der Waals surface area contributed by atoms with Crippen LogP contribution in [0, 0.1) is 5.92 Å². The molecule has 1 unspecified atom stereocenters. The fourth-order valence-corrected chi connectivity index (χ4v) is 5.42. The SMILES string of the molecule is O=C(O)[C@H]1C[C@H](NC2CCc3cc(-c4noc(-c5ccc(-c6ccccc6)c(Cl)c5)n4)ccc32)C1. The quantitative estimate of drug-likeness (QED) is 0.340. The molecule has 1 aromatic heterocycles. The molecule has 7 heteroatoms. The van der Waals surface area contributed by atoms with Crippen LogP contribution in [0.25, 0.3) is 34.0 Å². The lowest BCUT2D eigenvalue weighted by molar-refractivity contribution is -0.145. The average molecular weight is 486 g/mol. The summed E-state index contributed by atoms with van der Waals surface area (Å²) < 4.78 is 5.57. The van der Waals surface area contributed by atoms with E-state index < -0.39 is 5.97 Å². The predicted molar refractivity (Wildman–Crippen MR) is 134 cm³/mol. The Morgan fingerprint density at radius 3 is 2.57 bits per heavy atom. The van der Waals surface area contributed by atoms with Gasteiger partial charge in [0.15, 0.2) is 0 Å². The van der Waals surface area contributed by atoms with Crippen LogP contribution < -0.4 is 5.32 Å². The lowest BCUT2D eigenvalue weighted by atomic mass is 9.80. The molecule has 1 atom stereocenters. The highest BCUT2D eigenvalue weighted by Gasteiger charge is 2.36. The minimum Gasteiger partial charge on any atom is -0.481 e. The summed E-state index contributed by atoms with van der Waals surface area (Å²) in [5.41, 5.74) is 6.26. The van der Waals surface area contributed by atoms with Crippen LogP contribution in [0.5, 0.6) is 0 Å². The van der Waals surface area contributed by atoms with Gasteiger partial charge in [0.25, 0.3) is 5.89 Å². The van der Waals surface area contributed by atoms with Gasteiger partial charge in [-0.25, -0.2) is 0 Å². The maximum Gasteiger partial charge on any atom is 0.306 e. The Bertz CT molecular complexity index is 1400. The number of rotatable bonds is 6. The molecule has 1 fully saturated rings. The summed E-state index contributed by atoms with van der Waals surface area (Å²) in [7, 11) is 0. The number of benzene rings is 3. The van der Waals surface area contributed by atoms with Gasteiger partial charge in [-0.3, -0.25) is 4.79 Å². The molecular weight excluding hydrogens is 462 g/mol. The number of aromatic nitrogens is 2. The van der Waals surface area contributed by atoms with E-state index in [1.807, 2.05) is 54.6 Å². The Kier molecular flexibility index (Phi) is 5.63. The average Bonchev–Trinajstić information content (AvgIpc) is 3.48. The lowest BCUT2D eigenvalue weighted by Crippen LogP contribution is -2.45. The number of carboxylic acids is 1. The highest BCUT2D eigenvalue weighted by atomic mass is 35.5. The van der Waals surface area contributed by atoms with Crippen LogP contribution in [-0.4, -0.2) is 27.3 Å². The molecule has 4 aromatic rings. The molecule has 1 heterocycles. The van der Waals surface area contributed by atoms with E-state index in [1.54, 1.807) is 0 Å². The van der Waals surface area contributed by atoms with E-state index in [2.05, 4.69) is 27.6 Å². The summed E-state index contributed by atoms with van der Waals surface area (Å²) in [5.74, 6) is 0.0892. The fraction of sp³-hybridized carbons (Fsp3) is 0.250. The van der Waals surface area contributed by atoms with Gasteiger partial charge >= 0.3 is 5.97 Å². The van der Waals surface area contributed by atoms with Gasteiger partial charge in [-0.2, -0.15) is 4.98 Å². The molecule has 6 rings (SSSR count). The van der Waals surface area contributed by atoms with Crippen LogP contribution in [0.2, 0.25) is 5.02 Å². The summed E-state index contributed by atoms with van der Waals surface area (Å²) in [4.78, 5) is 15.7. The molecule has 0 bridgehead atoms. The Balaban J connectivity index is 1.18. The summed E-state index contributed by atoms with van der Waals surface area (Å²) in [6.07, 6.45) is 3.40. The van der Waals surface area contributed by atoms with E-state index in [-0.39, 0.29) is 18.0 Å². The van der Waals surface area contributed by atoms with Crippen molar-refractivity contribution in [2.24, 2.45) is 5.92 Å². The molecule has 0 amide bonds.